The maximum Gasteiger partial charge on any atom is 0.0900 e. The van der Waals surface area contributed by atoms with Crippen molar-refractivity contribution in [3.05, 3.63) is 15.6 Å². The van der Waals surface area contributed by atoms with Crippen LogP contribution in [0.1, 0.15) is 36.3 Å². The Labute approximate surface area is 103 Å². The molecule has 2 N–H and O–H groups in total. The number of nitrogens with zero attached hydrogens (tertiary/aromatic N) is 1. The van der Waals surface area contributed by atoms with Gasteiger partial charge in [0.05, 0.1) is 10.7 Å². The Kier molecular flexibility index (Phi) is 4.89. The molecule has 1 aromatic rings. The molecule has 1 heterocycles. The highest BCUT2D eigenvalue weighted by Gasteiger charge is 2.07. The highest BCUT2D eigenvalue weighted by atomic mass is 32.1. The van der Waals surface area contributed by atoms with Crippen molar-refractivity contribution in [2.75, 3.05) is 13.1 Å². The molecule has 16 heavy (non-hydrogen) atoms. The van der Waals surface area contributed by atoms with Crippen molar-refractivity contribution in [3.63, 3.8) is 0 Å². The zero-order chi connectivity index (χ0) is 12.2. The molecule has 0 aliphatic rings. The SMILES string of the molecule is Cc1nc(C)c(CNCCNC(C)(C)C)s1. The van der Waals surface area contributed by atoms with E-state index in [1.165, 1.54) is 10.6 Å². The first-order valence-electron chi connectivity index (χ1n) is 5.77. The lowest BCUT2D eigenvalue weighted by Crippen LogP contribution is -2.40. The van der Waals surface area contributed by atoms with E-state index in [0.29, 0.717) is 0 Å². The second kappa shape index (κ2) is 5.75. The lowest BCUT2D eigenvalue weighted by molar-refractivity contribution is 0.421. The Morgan fingerprint density at radius 1 is 1.19 bits per heavy atom. The first-order valence-corrected chi connectivity index (χ1v) is 6.59. The summed E-state index contributed by atoms with van der Waals surface area (Å²) in [6.07, 6.45) is 0. The average Bonchev–Trinajstić information content (AvgIpc) is 2.42. The van der Waals surface area contributed by atoms with Gasteiger partial charge in [0, 0.05) is 30.1 Å². The van der Waals surface area contributed by atoms with E-state index in [2.05, 4.69) is 50.2 Å². The Balaban J connectivity index is 2.19. The summed E-state index contributed by atoms with van der Waals surface area (Å²) in [5.41, 5.74) is 1.37. The van der Waals surface area contributed by atoms with Crippen LogP contribution in [0.4, 0.5) is 0 Å². The number of hydrogen-bond acceptors (Lipinski definition) is 4. The van der Waals surface area contributed by atoms with Crippen molar-refractivity contribution in [3.8, 4) is 0 Å². The Hall–Kier alpha value is -0.450. The predicted molar refractivity (Wildman–Crippen MR) is 71.1 cm³/mol. The Morgan fingerprint density at radius 3 is 2.38 bits per heavy atom. The van der Waals surface area contributed by atoms with Gasteiger partial charge in [0.2, 0.25) is 0 Å². The van der Waals surface area contributed by atoms with Crippen molar-refractivity contribution in [2.45, 2.75) is 46.7 Å². The van der Waals surface area contributed by atoms with Crippen molar-refractivity contribution in [1.29, 1.82) is 0 Å². The molecule has 92 valence electrons. The second-order valence-corrected chi connectivity index (χ2v) is 6.38. The van der Waals surface area contributed by atoms with Crippen molar-refractivity contribution < 1.29 is 0 Å². The third kappa shape index (κ3) is 5.05. The van der Waals surface area contributed by atoms with E-state index in [1.807, 2.05) is 0 Å². The average molecular weight is 241 g/mol. The minimum atomic E-state index is 0.207. The molecule has 0 radical (unpaired) electrons. The minimum Gasteiger partial charge on any atom is -0.311 e. The third-order valence-corrected chi connectivity index (χ3v) is 3.32. The molecule has 0 atom stereocenters. The lowest BCUT2D eigenvalue weighted by Gasteiger charge is -2.20. The quantitative estimate of drug-likeness (QED) is 0.776. The molecule has 1 aromatic heterocycles. The van der Waals surface area contributed by atoms with Crippen molar-refractivity contribution in [1.82, 2.24) is 15.6 Å². The van der Waals surface area contributed by atoms with Gasteiger partial charge in [-0.15, -0.1) is 11.3 Å². The largest absolute Gasteiger partial charge is 0.311 e. The topological polar surface area (TPSA) is 37.0 Å². The van der Waals surface area contributed by atoms with Crippen molar-refractivity contribution in [2.24, 2.45) is 0 Å². The third-order valence-electron chi connectivity index (χ3n) is 2.24. The van der Waals surface area contributed by atoms with Crippen LogP contribution in [0.15, 0.2) is 0 Å². The molecule has 0 amide bonds. The maximum atomic E-state index is 4.41. The molecule has 3 nitrogen and oxygen atoms in total. The predicted octanol–water partition coefficient (Wildman–Crippen LogP) is 2.24. The van der Waals surface area contributed by atoms with E-state index in [0.717, 1.165) is 24.6 Å². The molecule has 0 aromatic carbocycles. The summed E-state index contributed by atoms with van der Waals surface area (Å²) < 4.78 is 0. The number of hydrogen-bond donors (Lipinski definition) is 2. The summed E-state index contributed by atoms with van der Waals surface area (Å²) in [4.78, 5) is 5.77. The van der Waals surface area contributed by atoms with Gasteiger partial charge >= 0.3 is 0 Å². The molecule has 0 aliphatic heterocycles. The van der Waals surface area contributed by atoms with Gasteiger partial charge in [-0.2, -0.15) is 0 Å². The van der Waals surface area contributed by atoms with Crippen LogP contribution in [0.2, 0.25) is 0 Å². The lowest BCUT2D eigenvalue weighted by atomic mass is 10.1. The fourth-order valence-corrected chi connectivity index (χ4v) is 2.37. The number of thiazole rings is 1. The van der Waals surface area contributed by atoms with Crippen LogP contribution in [0, 0.1) is 13.8 Å². The highest BCUT2D eigenvalue weighted by Crippen LogP contribution is 2.16. The van der Waals surface area contributed by atoms with Gasteiger partial charge in [0.25, 0.3) is 0 Å². The summed E-state index contributed by atoms with van der Waals surface area (Å²) in [7, 11) is 0. The fourth-order valence-electron chi connectivity index (χ4n) is 1.47. The number of nitrogens with one attached hydrogen (secondary N) is 2. The summed E-state index contributed by atoms with van der Waals surface area (Å²) >= 11 is 1.78. The number of aromatic nitrogens is 1. The number of rotatable bonds is 5. The molecule has 4 heteroatoms. The zero-order valence-electron chi connectivity index (χ0n) is 11.0. The molecule has 0 spiro atoms. The van der Waals surface area contributed by atoms with E-state index < -0.39 is 0 Å². The zero-order valence-corrected chi connectivity index (χ0v) is 11.8. The Morgan fingerprint density at radius 2 is 1.88 bits per heavy atom. The molecule has 1 rings (SSSR count). The van der Waals surface area contributed by atoms with Gasteiger partial charge in [-0.25, -0.2) is 4.98 Å². The van der Waals surface area contributed by atoms with Crippen LogP contribution in [-0.4, -0.2) is 23.6 Å². The van der Waals surface area contributed by atoms with Gasteiger partial charge in [-0.1, -0.05) is 0 Å². The molecule has 0 fully saturated rings. The van der Waals surface area contributed by atoms with E-state index >= 15 is 0 Å². The second-order valence-electron chi connectivity index (χ2n) is 5.10. The molecule has 0 saturated carbocycles. The molecule has 0 aliphatic carbocycles. The van der Waals surface area contributed by atoms with E-state index in [4.69, 9.17) is 0 Å². The van der Waals surface area contributed by atoms with Gasteiger partial charge < -0.3 is 10.6 Å². The summed E-state index contributed by atoms with van der Waals surface area (Å²) in [6, 6.07) is 0. The fraction of sp³-hybridized carbons (Fsp3) is 0.750. The monoisotopic (exact) mass is 241 g/mol. The van der Waals surface area contributed by atoms with Crippen LogP contribution in [0.3, 0.4) is 0 Å². The van der Waals surface area contributed by atoms with Crippen LogP contribution >= 0.6 is 11.3 Å². The molecular weight excluding hydrogens is 218 g/mol. The van der Waals surface area contributed by atoms with E-state index in [9.17, 15) is 0 Å². The Bertz CT molecular complexity index is 325. The van der Waals surface area contributed by atoms with Gasteiger partial charge in [0.1, 0.15) is 0 Å². The van der Waals surface area contributed by atoms with Crippen LogP contribution < -0.4 is 10.6 Å². The molecule has 0 unspecified atom stereocenters. The van der Waals surface area contributed by atoms with Gasteiger partial charge in [-0.3, -0.25) is 0 Å². The summed E-state index contributed by atoms with van der Waals surface area (Å²) in [5, 5.41) is 8.04. The van der Waals surface area contributed by atoms with Crippen LogP contribution in [0.5, 0.6) is 0 Å². The maximum absolute atomic E-state index is 4.41. The standard InChI is InChI=1S/C12H23N3S/c1-9-11(16-10(2)15-9)8-13-6-7-14-12(3,4)5/h13-14H,6-8H2,1-5H3. The number of aryl methyl sites for hydroxylation is 2. The van der Waals surface area contributed by atoms with Gasteiger partial charge in [-0.05, 0) is 34.6 Å². The molecular formula is C12H23N3S. The van der Waals surface area contributed by atoms with E-state index in [1.54, 1.807) is 11.3 Å². The summed E-state index contributed by atoms with van der Waals surface area (Å²) in [6.45, 7) is 13.6. The highest BCUT2D eigenvalue weighted by molar-refractivity contribution is 7.11. The van der Waals surface area contributed by atoms with Crippen LogP contribution in [-0.2, 0) is 6.54 Å². The normalized spacial score (nSPS) is 12.1. The smallest absolute Gasteiger partial charge is 0.0900 e. The summed E-state index contributed by atoms with van der Waals surface area (Å²) in [5.74, 6) is 0. The first kappa shape index (κ1) is 13.6. The van der Waals surface area contributed by atoms with Crippen molar-refractivity contribution >= 4 is 11.3 Å². The molecule has 0 saturated heterocycles. The minimum absolute atomic E-state index is 0.207. The molecule has 0 bridgehead atoms. The van der Waals surface area contributed by atoms with Gasteiger partial charge in [0.15, 0.2) is 0 Å². The van der Waals surface area contributed by atoms with E-state index in [-0.39, 0.29) is 5.54 Å². The van der Waals surface area contributed by atoms with Crippen LogP contribution in [0.25, 0.3) is 0 Å². The first-order chi connectivity index (χ1) is 7.38.